The first-order chi connectivity index (χ1) is 9.65. The second-order valence-corrected chi connectivity index (χ2v) is 5.16. The van der Waals surface area contributed by atoms with Gasteiger partial charge >= 0.3 is 0 Å². The second-order valence-electron chi connectivity index (χ2n) is 4.72. The summed E-state index contributed by atoms with van der Waals surface area (Å²) in [6.07, 6.45) is 0.880. The molecule has 108 valence electrons. The van der Waals surface area contributed by atoms with Gasteiger partial charge in [-0.3, -0.25) is 9.69 Å². The molecule has 6 heteroatoms. The molecule has 0 unspecified atom stereocenters. The molecule has 0 bridgehead atoms. The quantitative estimate of drug-likeness (QED) is 0.591. The SMILES string of the molecule is NC(=S)c1cccc(OCCCN2CCNC(=O)C2)c1. The van der Waals surface area contributed by atoms with Crippen LogP contribution in [0, 0.1) is 0 Å². The van der Waals surface area contributed by atoms with E-state index in [4.69, 9.17) is 22.7 Å². The van der Waals surface area contributed by atoms with Crippen LogP contribution in [0.2, 0.25) is 0 Å². The first kappa shape index (κ1) is 14.7. The predicted molar refractivity (Wildman–Crippen MR) is 81.9 cm³/mol. The number of carbonyl (C=O) groups excluding carboxylic acids is 1. The smallest absolute Gasteiger partial charge is 0.234 e. The molecule has 0 aliphatic carbocycles. The molecule has 2 rings (SSSR count). The second kappa shape index (κ2) is 7.21. The minimum atomic E-state index is 0.0985. The summed E-state index contributed by atoms with van der Waals surface area (Å²) in [4.78, 5) is 13.7. The van der Waals surface area contributed by atoms with Gasteiger partial charge in [-0.1, -0.05) is 24.4 Å². The predicted octanol–water partition coefficient (Wildman–Crippen LogP) is 0.522. The van der Waals surface area contributed by atoms with Gasteiger partial charge in [-0.2, -0.15) is 0 Å². The average Bonchev–Trinajstić information content (AvgIpc) is 2.44. The van der Waals surface area contributed by atoms with E-state index in [-0.39, 0.29) is 5.91 Å². The van der Waals surface area contributed by atoms with Crippen molar-refractivity contribution in [3.63, 3.8) is 0 Å². The van der Waals surface area contributed by atoms with Gasteiger partial charge in [0.2, 0.25) is 5.91 Å². The lowest BCUT2D eigenvalue weighted by atomic mass is 10.2. The maximum absolute atomic E-state index is 11.2. The van der Waals surface area contributed by atoms with E-state index in [1.54, 1.807) is 0 Å². The summed E-state index contributed by atoms with van der Waals surface area (Å²) < 4.78 is 5.67. The molecule has 20 heavy (non-hydrogen) atoms. The topological polar surface area (TPSA) is 67.6 Å². The fourth-order valence-corrected chi connectivity index (χ4v) is 2.23. The Labute approximate surface area is 124 Å². The Hall–Kier alpha value is -1.66. The van der Waals surface area contributed by atoms with Gasteiger partial charge in [0.05, 0.1) is 13.2 Å². The van der Waals surface area contributed by atoms with E-state index < -0.39 is 0 Å². The highest BCUT2D eigenvalue weighted by atomic mass is 32.1. The van der Waals surface area contributed by atoms with Gasteiger partial charge in [-0.15, -0.1) is 0 Å². The lowest BCUT2D eigenvalue weighted by Crippen LogP contribution is -2.47. The Kier molecular flexibility index (Phi) is 5.31. The summed E-state index contributed by atoms with van der Waals surface area (Å²) in [6, 6.07) is 7.47. The van der Waals surface area contributed by atoms with Crippen LogP contribution < -0.4 is 15.8 Å². The van der Waals surface area contributed by atoms with E-state index in [1.807, 2.05) is 24.3 Å². The number of piperazine rings is 1. The molecular formula is C14H19N3O2S. The third-order valence-corrected chi connectivity index (χ3v) is 3.36. The Bertz CT molecular complexity index is 493. The van der Waals surface area contributed by atoms with Crippen molar-refractivity contribution in [1.29, 1.82) is 0 Å². The van der Waals surface area contributed by atoms with Crippen LogP contribution in [0.5, 0.6) is 5.75 Å². The normalized spacial score (nSPS) is 15.7. The van der Waals surface area contributed by atoms with Crippen LogP contribution in [0.25, 0.3) is 0 Å². The number of nitrogens with zero attached hydrogens (tertiary/aromatic N) is 1. The first-order valence-corrected chi connectivity index (χ1v) is 7.08. The molecule has 1 heterocycles. The molecule has 3 N–H and O–H groups in total. The molecule has 1 aromatic carbocycles. The van der Waals surface area contributed by atoms with Gasteiger partial charge in [-0.05, 0) is 18.6 Å². The molecule has 1 amide bonds. The van der Waals surface area contributed by atoms with E-state index in [1.165, 1.54) is 0 Å². The molecule has 1 aromatic rings. The third kappa shape index (κ3) is 4.47. The van der Waals surface area contributed by atoms with Crippen LogP contribution >= 0.6 is 12.2 Å². The minimum absolute atomic E-state index is 0.0985. The highest BCUT2D eigenvalue weighted by Gasteiger charge is 2.14. The summed E-state index contributed by atoms with van der Waals surface area (Å²) in [5.41, 5.74) is 6.39. The standard InChI is InChI=1S/C14H19N3O2S/c15-14(20)11-3-1-4-12(9-11)19-8-2-6-17-7-5-16-13(18)10-17/h1,3-4,9H,2,5-8,10H2,(H2,15,20)(H,16,18). The maximum Gasteiger partial charge on any atom is 0.234 e. The molecule has 0 spiro atoms. The Morgan fingerprint density at radius 1 is 1.50 bits per heavy atom. The van der Waals surface area contributed by atoms with Gasteiger partial charge in [0.25, 0.3) is 0 Å². The Balaban J connectivity index is 1.71. The number of nitrogens with one attached hydrogen (secondary N) is 1. The van der Waals surface area contributed by atoms with Crippen molar-refractivity contribution in [3.8, 4) is 5.75 Å². The molecule has 0 radical (unpaired) electrons. The van der Waals surface area contributed by atoms with E-state index in [0.29, 0.717) is 18.1 Å². The molecule has 1 saturated heterocycles. The van der Waals surface area contributed by atoms with Crippen molar-refractivity contribution in [1.82, 2.24) is 10.2 Å². The summed E-state index contributed by atoms with van der Waals surface area (Å²) in [6.45, 7) is 3.59. The number of rotatable bonds is 6. The third-order valence-electron chi connectivity index (χ3n) is 3.12. The molecular weight excluding hydrogens is 274 g/mol. The molecule has 0 aromatic heterocycles. The molecule has 1 aliphatic rings. The van der Waals surface area contributed by atoms with Crippen LogP contribution in [-0.4, -0.2) is 48.6 Å². The van der Waals surface area contributed by atoms with Gasteiger partial charge in [-0.25, -0.2) is 0 Å². The highest BCUT2D eigenvalue weighted by Crippen LogP contribution is 2.13. The van der Waals surface area contributed by atoms with Crippen LogP contribution in [0.15, 0.2) is 24.3 Å². The molecule has 0 atom stereocenters. The number of nitrogens with two attached hydrogens (primary N) is 1. The van der Waals surface area contributed by atoms with Crippen molar-refractivity contribution >= 4 is 23.1 Å². The fraction of sp³-hybridized carbons (Fsp3) is 0.429. The van der Waals surface area contributed by atoms with Crippen LogP contribution in [0.3, 0.4) is 0 Å². The van der Waals surface area contributed by atoms with Crippen LogP contribution in [0.4, 0.5) is 0 Å². The monoisotopic (exact) mass is 293 g/mol. The highest BCUT2D eigenvalue weighted by molar-refractivity contribution is 7.80. The Morgan fingerprint density at radius 2 is 2.35 bits per heavy atom. The number of thiocarbonyl (C=S) groups is 1. The fourth-order valence-electron chi connectivity index (χ4n) is 2.10. The van der Waals surface area contributed by atoms with Gasteiger partial charge in [0, 0.05) is 25.2 Å². The zero-order valence-electron chi connectivity index (χ0n) is 11.3. The zero-order chi connectivity index (χ0) is 14.4. The number of hydrogen-bond acceptors (Lipinski definition) is 4. The molecule has 5 nitrogen and oxygen atoms in total. The van der Waals surface area contributed by atoms with Gasteiger partial charge in [0.1, 0.15) is 10.7 Å². The van der Waals surface area contributed by atoms with Crippen molar-refractivity contribution in [2.75, 3.05) is 32.8 Å². The van der Waals surface area contributed by atoms with E-state index in [0.717, 1.165) is 37.4 Å². The van der Waals surface area contributed by atoms with Crippen LogP contribution in [0.1, 0.15) is 12.0 Å². The summed E-state index contributed by atoms with van der Waals surface area (Å²) >= 11 is 4.93. The molecule has 1 aliphatic heterocycles. The van der Waals surface area contributed by atoms with Crippen molar-refractivity contribution in [2.24, 2.45) is 5.73 Å². The lowest BCUT2D eigenvalue weighted by Gasteiger charge is -2.26. The summed E-state index contributed by atoms with van der Waals surface area (Å²) in [5, 5.41) is 2.81. The Morgan fingerprint density at radius 3 is 3.10 bits per heavy atom. The molecule has 0 saturated carbocycles. The number of hydrogen-bond donors (Lipinski definition) is 2. The number of ether oxygens (including phenoxy) is 1. The summed E-state index contributed by atoms with van der Waals surface area (Å²) in [5.74, 6) is 0.869. The van der Waals surface area contributed by atoms with Crippen molar-refractivity contribution in [2.45, 2.75) is 6.42 Å². The molecule has 1 fully saturated rings. The maximum atomic E-state index is 11.2. The zero-order valence-corrected chi connectivity index (χ0v) is 12.1. The van der Waals surface area contributed by atoms with Gasteiger partial charge in [0.15, 0.2) is 0 Å². The number of amides is 1. The average molecular weight is 293 g/mol. The van der Waals surface area contributed by atoms with Gasteiger partial charge < -0.3 is 15.8 Å². The lowest BCUT2D eigenvalue weighted by molar-refractivity contribution is -0.124. The minimum Gasteiger partial charge on any atom is -0.494 e. The van der Waals surface area contributed by atoms with Crippen LogP contribution in [-0.2, 0) is 4.79 Å². The number of benzene rings is 1. The van der Waals surface area contributed by atoms with E-state index in [2.05, 4.69) is 10.2 Å². The van der Waals surface area contributed by atoms with E-state index >= 15 is 0 Å². The first-order valence-electron chi connectivity index (χ1n) is 6.67. The number of carbonyl (C=O) groups is 1. The largest absolute Gasteiger partial charge is 0.494 e. The van der Waals surface area contributed by atoms with E-state index in [9.17, 15) is 4.79 Å². The van der Waals surface area contributed by atoms with Crippen molar-refractivity contribution < 1.29 is 9.53 Å². The van der Waals surface area contributed by atoms with Crippen molar-refractivity contribution in [3.05, 3.63) is 29.8 Å². The summed E-state index contributed by atoms with van der Waals surface area (Å²) in [7, 11) is 0.